The third-order valence-electron chi connectivity index (χ3n) is 6.27. The van der Waals surface area contributed by atoms with Crippen LogP contribution >= 0.6 is 0 Å². The van der Waals surface area contributed by atoms with Gasteiger partial charge in [-0.2, -0.15) is 0 Å². The van der Waals surface area contributed by atoms with Gasteiger partial charge in [0.1, 0.15) is 6.04 Å². The molecule has 0 bridgehead atoms. The minimum absolute atomic E-state index is 0.0206. The number of carbonyl (C=O) groups excluding carboxylic acids is 3. The number of nitrogens with one attached hydrogen (secondary N) is 1. The van der Waals surface area contributed by atoms with Crippen LogP contribution in [-0.2, 0) is 14.4 Å². The van der Waals surface area contributed by atoms with Crippen molar-refractivity contribution in [1.29, 1.82) is 0 Å². The summed E-state index contributed by atoms with van der Waals surface area (Å²) < 4.78 is 0. The minimum Gasteiger partial charge on any atom is -0.343 e. The lowest BCUT2D eigenvalue weighted by Crippen LogP contribution is -2.57. The van der Waals surface area contributed by atoms with Crippen LogP contribution in [0, 0.1) is 5.92 Å². The number of hydrogen-bond donors (Lipinski definition) is 1. The summed E-state index contributed by atoms with van der Waals surface area (Å²) in [6, 6.07) is -0.443. The first kappa shape index (κ1) is 29.1. The summed E-state index contributed by atoms with van der Waals surface area (Å²) in [6.07, 6.45) is 7.09. The van der Waals surface area contributed by atoms with Crippen LogP contribution in [0.5, 0.6) is 0 Å². The van der Waals surface area contributed by atoms with Crippen LogP contribution in [0.4, 0.5) is 0 Å². The van der Waals surface area contributed by atoms with E-state index in [1.807, 2.05) is 18.7 Å². The van der Waals surface area contributed by atoms with E-state index in [0.29, 0.717) is 18.2 Å². The average molecular weight is 465 g/mol. The lowest BCUT2D eigenvalue weighted by molar-refractivity contribution is -0.138. The summed E-state index contributed by atoms with van der Waals surface area (Å²) in [4.78, 5) is 44.0. The lowest BCUT2D eigenvalue weighted by atomic mass is 9.97. The van der Waals surface area contributed by atoms with Crippen LogP contribution in [0.3, 0.4) is 0 Å². The molecular formula is C26H48N4O3. The molecule has 0 radical (unpaired) electrons. The van der Waals surface area contributed by atoms with Gasteiger partial charge >= 0.3 is 0 Å². The quantitative estimate of drug-likeness (QED) is 0.559. The second-order valence-electron chi connectivity index (χ2n) is 10.0. The van der Waals surface area contributed by atoms with E-state index in [0.717, 1.165) is 45.3 Å². The van der Waals surface area contributed by atoms with E-state index in [2.05, 4.69) is 37.9 Å². The first-order valence-electron chi connectivity index (χ1n) is 12.8. The summed E-state index contributed by atoms with van der Waals surface area (Å²) in [7, 11) is 1.72. The molecule has 2 saturated heterocycles. The Morgan fingerprint density at radius 1 is 1.03 bits per heavy atom. The topological polar surface area (TPSA) is 73.0 Å². The zero-order chi connectivity index (χ0) is 25.1. The SMILES string of the molecule is C/C(=C\CN(C)C(=O)C(NC(=O)C1CCCCN1C(C)C)C(C)C)C(=O)N1CCC1.CCC. The predicted octanol–water partition coefficient (Wildman–Crippen LogP) is 3.44. The predicted molar refractivity (Wildman–Crippen MR) is 135 cm³/mol. The Kier molecular flexibility index (Phi) is 12.7. The first-order valence-corrected chi connectivity index (χ1v) is 12.8. The molecule has 7 heteroatoms. The van der Waals surface area contributed by atoms with Crippen LogP contribution in [0.1, 0.15) is 80.6 Å². The largest absolute Gasteiger partial charge is 0.343 e. The second kappa shape index (κ2) is 14.4. The number of likely N-dealkylation sites (tertiary alicyclic amines) is 2. The third-order valence-corrected chi connectivity index (χ3v) is 6.27. The number of rotatable bonds is 8. The lowest BCUT2D eigenvalue weighted by Gasteiger charge is -2.38. The fraction of sp³-hybridized carbons (Fsp3) is 0.808. The fourth-order valence-electron chi connectivity index (χ4n) is 4.07. The van der Waals surface area contributed by atoms with Crippen LogP contribution in [-0.4, -0.2) is 83.8 Å². The van der Waals surface area contributed by atoms with Crippen LogP contribution in [0.2, 0.25) is 0 Å². The molecule has 2 heterocycles. The van der Waals surface area contributed by atoms with Crippen molar-refractivity contribution in [2.45, 2.75) is 98.7 Å². The molecule has 7 nitrogen and oxygen atoms in total. The molecule has 0 aromatic heterocycles. The molecule has 0 aromatic carbocycles. The van der Waals surface area contributed by atoms with Gasteiger partial charge in [0.25, 0.3) is 0 Å². The third kappa shape index (κ3) is 8.76. The number of likely N-dealkylation sites (N-methyl/N-ethyl adjacent to an activating group) is 1. The number of nitrogens with zero attached hydrogens (tertiary/aromatic N) is 3. The van der Waals surface area contributed by atoms with Gasteiger partial charge in [-0.1, -0.05) is 46.6 Å². The minimum atomic E-state index is -0.571. The van der Waals surface area contributed by atoms with Crippen molar-refractivity contribution < 1.29 is 14.4 Å². The number of piperidine rings is 1. The van der Waals surface area contributed by atoms with Crippen molar-refractivity contribution in [3.63, 3.8) is 0 Å². The molecule has 2 rings (SSSR count). The van der Waals surface area contributed by atoms with E-state index in [9.17, 15) is 14.4 Å². The molecule has 190 valence electrons. The van der Waals surface area contributed by atoms with E-state index in [4.69, 9.17) is 0 Å². The average Bonchev–Trinajstić information content (AvgIpc) is 2.73. The Hall–Kier alpha value is -1.89. The Bertz CT molecular complexity index is 670. The van der Waals surface area contributed by atoms with Crippen molar-refractivity contribution in [1.82, 2.24) is 20.0 Å². The van der Waals surface area contributed by atoms with Crippen molar-refractivity contribution in [2.75, 3.05) is 33.2 Å². The molecule has 0 aromatic rings. The molecule has 2 unspecified atom stereocenters. The van der Waals surface area contributed by atoms with E-state index >= 15 is 0 Å². The fourth-order valence-corrected chi connectivity index (χ4v) is 4.07. The number of hydrogen-bond acceptors (Lipinski definition) is 4. The number of amides is 3. The molecule has 1 N–H and O–H groups in total. The van der Waals surface area contributed by atoms with Crippen LogP contribution in [0.15, 0.2) is 11.6 Å². The standard InChI is InChI=1S/C23H40N4O3.C3H8/c1-16(2)20(24-21(28)19-10-7-8-14-27(19)17(3)4)23(30)25(6)15-11-18(5)22(29)26-12-9-13-26;1-3-2/h11,16-17,19-20H,7-10,12-15H2,1-6H3,(H,24,28);3H2,1-2H3/b18-11+;. The zero-order valence-electron chi connectivity index (χ0n) is 22.3. The summed E-state index contributed by atoms with van der Waals surface area (Å²) in [5.41, 5.74) is 0.661. The molecule has 3 amide bonds. The van der Waals surface area contributed by atoms with Gasteiger partial charge in [-0.05, 0) is 52.5 Å². The van der Waals surface area contributed by atoms with E-state index in [-0.39, 0.29) is 29.7 Å². The highest BCUT2D eigenvalue weighted by Gasteiger charge is 2.34. The first-order chi connectivity index (χ1) is 15.5. The highest BCUT2D eigenvalue weighted by Crippen LogP contribution is 2.20. The van der Waals surface area contributed by atoms with Gasteiger partial charge < -0.3 is 15.1 Å². The molecule has 33 heavy (non-hydrogen) atoms. The van der Waals surface area contributed by atoms with Crippen molar-refractivity contribution in [2.24, 2.45) is 5.92 Å². The van der Waals surface area contributed by atoms with Gasteiger partial charge in [-0.25, -0.2) is 0 Å². The Morgan fingerprint density at radius 3 is 2.12 bits per heavy atom. The highest BCUT2D eigenvalue weighted by molar-refractivity contribution is 5.93. The molecule has 0 aliphatic carbocycles. The van der Waals surface area contributed by atoms with E-state index in [1.54, 1.807) is 24.9 Å². The van der Waals surface area contributed by atoms with Crippen LogP contribution < -0.4 is 5.32 Å². The maximum atomic E-state index is 13.1. The molecule has 2 aliphatic heterocycles. The maximum absolute atomic E-state index is 13.1. The Balaban J connectivity index is 0.00000172. The Morgan fingerprint density at radius 2 is 1.64 bits per heavy atom. The maximum Gasteiger partial charge on any atom is 0.249 e. The zero-order valence-corrected chi connectivity index (χ0v) is 22.3. The summed E-state index contributed by atoms with van der Waals surface area (Å²) >= 11 is 0. The van der Waals surface area contributed by atoms with Crippen molar-refractivity contribution >= 4 is 17.7 Å². The normalized spacial score (nSPS) is 20.0. The van der Waals surface area contributed by atoms with E-state index in [1.165, 1.54) is 6.42 Å². The summed E-state index contributed by atoms with van der Waals surface area (Å²) in [5, 5.41) is 3.03. The van der Waals surface area contributed by atoms with Gasteiger partial charge in [0.05, 0.1) is 6.04 Å². The summed E-state index contributed by atoms with van der Waals surface area (Å²) in [6.45, 7) is 17.1. The smallest absolute Gasteiger partial charge is 0.249 e. The molecule has 0 spiro atoms. The van der Waals surface area contributed by atoms with Gasteiger partial charge in [-0.3, -0.25) is 19.3 Å². The van der Waals surface area contributed by atoms with Gasteiger partial charge in [0, 0.05) is 38.3 Å². The molecule has 2 fully saturated rings. The molecular weight excluding hydrogens is 416 g/mol. The van der Waals surface area contributed by atoms with Crippen molar-refractivity contribution in [3.8, 4) is 0 Å². The van der Waals surface area contributed by atoms with E-state index < -0.39 is 6.04 Å². The molecule has 2 atom stereocenters. The van der Waals surface area contributed by atoms with Crippen LogP contribution in [0.25, 0.3) is 0 Å². The van der Waals surface area contributed by atoms with Crippen molar-refractivity contribution in [3.05, 3.63) is 11.6 Å². The summed E-state index contributed by atoms with van der Waals surface area (Å²) in [5.74, 6) is -0.149. The molecule has 0 saturated carbocycles. The number of carbonyl (C=O) groups is 3. The monoisotopic (exact) mass is 464 g/mol. The Labute approximate surface area is 201 Å². The second-order valence-corrected chi connectivity index (χ2v) is 10.0. The van der Waals surface area contributed by atoms with Gasteiger partial charge in [0.2, 0.25) is 17.7 Å². The molecule has 2 aliphatic rings. The highest BCUT2D eigenvalue weighted by atomic mass is 16.2. The van der Waals surface area contributed by atoms with Gasteiger partial charge in [-0.15, -0.1) is 0 Å². The van der Waals surface area contributed by atoms with Gasteiger partial charge in [0.15, 0.2) is 0 Å².